The number of benzene rings is 2. The second-order valence-corrected chi connectivity index (χ2v) is 6.99. The van der Waals surface area contributed by atoms with Crippen molar-refractivity contribution in [3.05, 3.63) is 53.6 Å². The molecule has 0 aromatic heterocycles. The second-order valence-electron chi connectivity index (χ2n) is 6.99. The first-order valence-corrected chi connectivity index (χ1v) is 9.65. The molecule has 1 unspecified atom stereocenters. The van der Waals surface area contributed by atoms with Crippen LogP contribution < -0.4 is 20.1 Å². The molecule has 3 amide bonds. The molecule has 1 aliphatic heterocycles. The van der Waals surface area contributed by atoms with Gasteiger partial charge in [-0.3, -0.25) is 4.79 Å². The van der Waals surface area contributed by atoms with Crippen molar-refractivity contribution in [3.8, 4) is 11.5 Å². The number of ether oxygens (including phenoxy) is 2. The zero-order valence-corrected chi connectivity index (χ0v) is 17.0. The molecular weight excluding hydrogens is 370 g/mol. The molecule has 0 radical (unpaired) electrons. The summed E-state index contributed by atoms with van der Waals surface area (Å²) < 4.78 is 10.6. The maximum Gasteiger partial charge on any atom is 0.317 e. The van der Waals surface area contributed by atoms with Gasteiger partial charge in [-0.15, -0.1) is 0 Å². The van der Waals surface area contributed by atoms with Gasteiger partial charge in [0.25, 0.3) is 5.91 Å². The third-order valence-corrected chi connectivity index (χ3v) is 5.20. The Morgan fingerprint density at radius 2 is 1.93 bits per heavy atom. The van der Waals surface area contributed by atoms with Gasteiger partial charge in [0.15, 0.2) is 0 Å². The number of nitrogens with one attached hydrogen (secondary N) is 2. The van der Waals surface area contributed by atoms with Crippen LogP contribution in [0.2, 0.25) is 0 Å². The minimum atomic E-state index is -0.225. The van der Waals surface area contributed by atoms with Gasteiger partial charge in [-0.2, -0.15) is 0 Å². The highest BCUT2D eigenvalue weighted by Gasteiger charge is 2.24. The predicted octanol–water partition coefficient (Wildman–Crippen LogP) is 3.47. The average Bonchev–Trinajstić information content (AvgIpc) is 2.78. The third-order valence-electron chi connectivity index (χ3n) is 5.20. The van der Waals surface area contributed by atoms with Crippen LogP contribution in [0.5, 0.6) is 11.5 Å². The van der Waals surface area contributed by atoms with E-state index in [2.05, 4.69) is 10.6 Å². The van der Waals surface area contributed by atoms with Gasteiger partial charge in [-0.25, -0.2) is 4.79 Å². The summed E-state index contributed by atoms with van der Waals surface area (Å²) in [4.78, 5) is 26.6. The standard InChI is InChI=1S/C22H27N3O4/c1-23-22(27)25-11-5-8-17(14-25)15-6-4-7-16(12-15)21(26)24-19-13-18(28-2)9-10-20(19)29-3/h4,6-7,9-10,12-13,17H,5,8,11,14H2,1-3H3,(H,23,27)(H,24,26). The van der Waals surface area contributed by atoms with Crippen molar-refractivity contribution in [1.82, 2.24) is 10.2 Å². The summed E-state index contributed by atoms with van der Waals surface area (Å²) >= 11 is 0. The molecule has 2 aromatic carbocycles. The highest BCUT2D eigenvalue weighted by molar-refractivity contribution is 6.05. The number of hydrogen-bond acceptors (Lipinski definition) is 4. The molecule has 7 heteroatoms. The molecule has 1 atom stereocenters. The van der Waals surface area contributed by atoms with Crippen LogP contribution >= 0.6 is 0 Å². The summed E-state index contributed by atoms with van der Waals surface area (Å²) in [5.41, 5.74) is 2.17. The van der Waals surface area contributed by atoms with Gasteiger partial charge < -0.3 is 25.0 Å². The van der Waals surface area contributed by atoms with Crippen molar-refractivity contribution < 1.29 is 19.1 Å². The number of nitrogens with zero attached hydrogens (tertiary/aromatic N) is 1. The molecule has 1 aliphatic rings. The Hall–Kier alpha value is -3.22. The molecule has 29 heavy (non-hydrogen) atoms. The van der Waals surface area contributed by atoms with Crippen LogP contribution in [0.25, 0.3) is 0 Å². The van der Waals surface area contributed by atoms with E-state index in [4.69, 9.17) is 9.47 Å². The highest BCUT2D eigenvalue weighted by atomic mass is 16.5. The van der Waals surface area contributed by atoms with Crippen molar-refractivity contribution in [1.29, 1.82) is 0 Å². The van der Waals surface area contributed by atoms with Crippen LogP contribution in [0.15, 0.2) is 42.5 Å². The Labute approximate surface area is 171 Å². The molecule has 1 fully saturated rings. The van der Waals surface area contributed by atoms with E-state index in [9.17, 15) is 9.59 Å². The number of rotatable bonds is 5. The van der Waals surface area contributed by atoms with E-state index in [1.807, 2.05) is 23.1 Å². The maximum absolute atomic E-state index is 12.9. The van der Waals surface area contributed by atoms with E-state index in [0.29, 0.717) is 29.3 Å². The van der Waals surface area contributed by atoms with E-state index in [-0.39, 0.29) is 17.9 Å². The lowest BCUT2D eigenvalue weighted by atomic mass is 9.89. The Bertz CT molecular complexity index is 884. The fraction of sp³-hybridized carbons (Fsp3) is 0.364. The van der Waals surface area contributed by atoms with Gasteiger partial charge in [-0.1, -0.05) is 12.1 Å². The molecular formula is C22H27N3O4. The maximum atomic E-state index is 12.9. The van der Waals surface area contributed by atoms with Gasteiger partial charge in [0.05, 0.1) is 19.9 Å². The lowest BCUT2D eigenvalue weighted by Crippen LogP contribution is -2.43. The number of hydrogen-bond donors (Lipinski definition) is 2. The largest absolute Gasteiger partial charge is 0.497 e. The summed E-state index contributed by atoms with van der Waals surface area (Å²) in [5, 5.41) is 5.58. The molecule has 1 heterocycles. The monoisotopic (exact) mass is 397 g/mol. The summed E-state index contributed by atoms with van der Waals surface area (Å²) in [6.07, 6.45) is 1.93. The lowest BCUT2D eigenvalue weighted by Gasteiger charge is -2.32. The van der Waals surface area contributed by atoms with Crippen molar-refractivity contribution in [2.75, 3.05) is 39.7 Å². The molecule has 7 nitrogen and oxygen atoms in total. The molecule has 1 saturated heterocycles. The van der Waals surface area contributed by atoms with Gasteiger partial charge in [0.1, 0.15) is 11.5 Å². The van der Waals surface area contributed by atoms with Gasteiger partial charge in [0.2, 0.25) is 0 Å². The minimum Gasteiger partial charge on any atom is -0.497 e. The first-order chi connectivity index (χ1) is 14.0. The van der Waals surface area contributed by atoms with Crippen LogP contribution in [0.1, 0.15) is 34.7 Å². The summed E-state index contributed by atoms with van der Waals surface area (Å²) in [6.45, 7) is 1.40. The summed E-state index contributed by atoms with van der Waals surface area (Å²) in [5.74, 6) is 1.17. The SMILES string of the molecule is CNC(=O)N1CCCC(c2cccc(C(=O)Nc3cc(OC)ccc3OC)c2)C1. The van der Waals surface area contributed by atoms with Gasteiger partial charge >= 0.3 is 6.03 Å². The van der Waals surface area contributed by atoms with Crippen molar-refractivity contribution in [2.24, 2.45) is 0 Å². The Kier molecular flexibility index (Phi) is 6.59. The van der Waals surface area contributed by atoms with Crippen LogP contribution in [-0.2, 0) is 0 Å². The van der Waals surface area contributed by atoms with Gasteiger partial charge in [0, 0.05) is 37.7 Å². The van der Waals surface area contributed by atoms with E-state index < -0.39 is 0 Å². The third kappa shape index (κ3) is 4.80. The number of carbonyl (C=O) groups is 2. The zero-order chi connectivity index (χ0) is 20.8. The van der Waals surface area contributed by atoms with E-state index in [0.717, 1.165) is 24.9 Å². The van der Waals surface area contributed by atoms with Crippen molar-refractivity contribution in [3.63, 3.8) is 0 Å². The fourth-order valence-corrected chi connectivity index (χ4v) is 3.63. The number of urea groups is 1. The Morgan fingerprint density at radius 3 is 2.66 bits per heavy atom. The average molecular weight is 397 g/mol. The first-order valence-electron chi connectivity index (χ1n) is 9.65. The second kappa shape index (κ2) is 9.32. The number of carbonyl (C=O) groups excluding carboxylic acids is 2. The topological polar surface area (TPSA) is 79.9 Å². The number of likely N-dealkylation sites (tertiary alicyclic amines) is 1. The van der Waals surface area contributed by atoms with E-state index in [1.165, 1.54) is 0 Å². The minimum absolute atomic E-state index is 0.0614. The summed E-state index contributed by atoms with van der Waals surface area (Å²) in [7, 11) is 4.77. The smallest absolute Gasteiger partial charge is 0.317 e. The number of anilines is 1. The molecule has 0 saturated carbocycles. The molecule has 0 spiro atoms. The van der Waals surface area contributed by atoms with Crippen molar-refractivity contribution in [2.45, 2.75) is 18.8 Å². The normalized spacial score (nSPS) is 16.1. The molecule has 2 aromatic rings. The van der Waals surface area contributed by atoms with Crippen LogP contribution in [-0.4, -0.2) is 51.2 Å². The number of amides is 3. The molecule has 0 bridgehead atoms. The highest BCUT2D eigenvalue weighted by Crippen LogP contribution is 2.30. The predicted molar refractivity (Wildman–Crippen MR) is 112 cm³/mol. The first kappa shape index (κ1) is 20.5. The molecule has 154 valence electrons. The van der Waals surface area contributed by atoms with E-state index >= 15 is 0 Å². The summed E-state index contributed by atoms with van der Waals surface area (Å²) in [6, 6.07) is 12.8. The Balaban J connectivity index is 1.77. The van der Waals surface area contributed by atoms with Crippen LogP contribution in [0, 0.1) is 0 Å². The fourth-order valence-electron chi connectivity index (χ4n) is 3.63. The van der Waals surface area contributed by atoms with Crippen molar-refractivity contribution >= 4 is 17.6 Å². The van der Waals surface area contributed by atoms with Gasteiger partial charge in [-0.05, 0) is 42.7 Å². The zero-order valence-electron chi connectivity index (χ0n) is 17.0. The van der Waals surface area contributed by atoms with Crippen LogP contribution in [0.4, 0.5) is 10.5 Å². The van der Waals surface area contributed by atoms with E-state index in [1.54, 1.807) is 45.5 Å². The lowest BCUT2D eigenvalue weighted by molar-refractivity contribution is 0.102. The quantitative estimate of drug-likeness (QED) is 0.810. The molecule has 2 N–H and O–H groups in total. The van der Waals surface area contributed by atoms with Crippen LogP contribution in [0.3, 0.4) is 0 Å². The Morgan fingerprint density at radius 1 is 1.10 bits per heavy atom. The number of piperidine rings is 1. The number of methoxy groups -OCH3 is 2. The molecule has 0 aliphatic carbocycles. The molecule has 3 rings (SSSR count).